The van der Waals surface area contributed by atoms with Crippen molar-refractivity contribution in [3.63, 3.8) is 0 Å². The number of rotatable bonds is 0. The predicted octanol–water partition coefficient (Wildman–Crippen LogP) is 1.30. The van der Waals surface area contributed by atoms with Crippen LogP contribution in [-0.2, 0) is 9.53 Å². The van der Waals surface area contributed by atoms with Gasteiger partial charge in [-0.05, 0) is 13.8 Å². The number of benzene rings is 1. The van der Waals surface area contributed by atoms with Gasteiger partial charge >= 0.3 is 0 Å². The highest BCUT2D eigenvalue weighted by molar-refractivity contribution is 6.52. The average molecular weight is 243 g/mol. The third kappa shape index (κ3) is 1.24. The van der Waals surface area contributed by atoms with Gasteiger partial charge in [0.2, 0.25) is 11.6 Å². The molecule has 0 aromatic heterocycles. The molecule has 1 aliphatic carbocycles. The van der Waals surface area contributed by atoms with Gasteiger partial charge in [0.1, 0.15) is 11.4 Å². The smallest absolute Gasteiger partial charge is 0.235 e. The lowest BCUT2D eigenvalue weighted by molar-refractivity contribution is -0.112. The minimum absolute atomic E-state index is 0.309. The van der Waals surface area contributed by atoms with E-state index in [2.05, 4.69) is 0 Å². The summed E-state index contributed by atoms with van der Waals surface area (Å²) in [4.78, 5) is 24.1. The molecule has 0 fully saturated rings. The second-order valence-corrected chi connectivity index (χ2v) is 5.13. The maximum Gasteiger partial charge on any atom is 0.235 e. The number of Topliss-reactive ketones (excluding diaryl/α,β-unsaturated/α-hetero) is 2. The fourth-order valence-corrected chi connectivity index (χ4v) is 2.44. The molecule has 2 N–H and O–H groups in total. The summed E-state index contributed by atoms with van der Waals surface area (Å²) < 4.78 is 5.79. The Bertz CT molecular complexity index is 613. The average Bonchev–Trinajstić information content (AvgIpc) is 2.58. The molecular weight excluding hydrogens is 230 g/mol. The third-order valence-corrected chi connectivity index (χ3v) is 3.54. The molecule has 1 atom stereocenters. The number of carbonyl (C=O) groups excluding carboxylic acids is 2. The summed E-state index contributed by atoms with van der Waals surface area (Å²) in [7, 11) is 0. The molecule has 4 nitrogen and oxygen atoms in total. The van der Waals surface area contributed by atoms with Crippen molar-refractivity contribution in [2.45, 2.75) is 25.5 Å². The number of hydrogen-bond acceptors (Lipinski definition) is 4. The van der Waals surface area contributed by atoms with E-state index in [0.29, 0.717) is 22.5 Å². The quantitative estimate of drug-likeness (QED) is 0.697. The molecule has 0 saturated heterocycles. The van der Waals surface area contributed by atoms with Crippen molar-refractivity contribution < 1.29 is 14.3 Å². The third-order valence-electron chi connectivity index (χ3n) is 3.54. The molecule has 1 unspecified atom stereocenters. The van der Waals surface area contributed by atoms with Crippen LogP contribution in [0.3, 0.4) is 0 Å². The highest BCUT2D eigenvalue weighted by Crippen LogP contribution is 2.42. The van der Waals surface area contributed by atoms with E-state index < -0.39 is 23.2 Å². The van der Waals surface area contributed by atoms with E-state index in [4.69, 9.17) is 10.5 Å². The van der Waals surface area contributed by atoms with E-state index in [1.54, 1.807) is 18.2 Å². The number of nitrogens with two attached hydrogens (primary N) is 1. The molecule has 1 aliphatic heterocycles. The topological polar surface area (TPSA) is 69.4 Å². The van der Waals surface area contributed by atoms with Crippen LogP contribution in [-0.4, -0.2) is 23.2 Å². The van der Waals surface area contributed by atoms with Crippen molar-refractivity contribution in [2.75, 3.05) is 0 Å². The fraction of sp³-hybridized carbons (Fsp3) is 0.286. The van der Waals surface area contributed by atoms with E-state index in [-0.39, 0.29) is 0 Å². The molecule has 0 bridgehead atoms. The zero-order chi connectivity index (χ0) is 13.1. The molecule has 0 saturated carbocycles. The van der Waals surface area contributed by atoms with Gasteiger partial charge in [0.25, 0.3) is 0 Å². The molecule has 3 rings (SSSR count). The molecule has 92 valence electrons. The molecule has 0 amide bonds. The van der Waals surface area contributed by atoms with Crippen LogP contribution in [0.5, 0.6) is 0 Å². The normalized spacial score (nSPS) is 24.7. The van der Waals surface area contributed by atoms with E-state index in [1.807, 2.05) is 19.9 Å². The van der Waals surface area contributed by atoms with Crippen LogP contribution in [0.15, 0.2) is 29.8 Å². The first-order chi connectivity index (χ1) is 8.43. The summed E-state index contributed by atoms with van der Waals surface area (Å²) in [6, 6.07) is 6.39. The maximum absolute atomic E-state index is 12.1. The number of carbonyl (C=O) groups is 2. The lowest BCUT2D eigenvalue weighted by atomic mass is 9.84. The number of ketones is 2. The second kappa shape index (κ2) is 3.29. The van der Waals surface area contributed by atoms with Crippen LogP contribution in [0.1, 0.15) is 29.8 Å². The monoisotopic (exact) mass is 243 g/mol. The number of ether oxygens (including phenoxy) is 1. The van der Waals surface area contributed by atoms with Gasteiger partial charge in [-0.25, -0.2) is 0 Å². The van der Waals surface area contributed by atoms with Crippen molar-refractivity contribution in [1.82, 2.24) is 0 Å². The van der Waals surface area contributed by atoms with Gasteiger partial charge in [-0.2, -0.15) is 0 Å². The van der Waals surface area contributed by atoms with Crippen LogP contribution in [0, 0.1) is 0 Å². The van der Waals surface area contributed by atoms with Crippen LogP contribution in [0.25, 0.3) is 5.76 Å². The first-order valence-electron chi connectivity index (χ1n) is 5.80. The van der Waals surface area contributed by atoms with Gasteiger partial charge in [-0.1, -0.05) is 24.3 Å². The Hall–Kier alpha value is -1.94. The fourth-order valence-electron chi connectivity index (χ4n) is 2.44. The minimum atomic E-state index is -0.669. The standard InChI is InChI=1S/C14H13NO3/c1-14(2)13(15)9-11(17)10(16)7-5-3-4-6-8(7)12(9)18-14/h3-6,13H,15H2,1-2H3. The minimum Gasteiger partial charge on any atom is -0.485 e. The second-order valence-electron chi connectivity index (χ2n) is 5.13. The van der Waals surface area contributed by atoms with Gasteiger partial charge in [0.05, 0.1) is 11.6 Å². The van der Waals surface area contributed by atoms with Gasteiger partial charge in [0, 0.05) is 11.1 Å². The highest BCUT2D eigenvalue weighted by atomic mass is 16.5. The van der Waals surface area contributed by atoms with Gasteiger partial charge < -0.3 is 10.5 Å². The molecule has 0 spiro atoms. The molecule has 18 heavy (non-hydrogen) atoms. The Morgan fingerprint density at radius 2 is 1.72 bits per heavy atom. The van der Waals surface area contributed by atoms with Gasteiger partial charge in [0.15, 0.2) is 0 Å². The van der Waals surface area contributed by atoms with E-state index >= 15 is 0 Å². The molecule has 1 heterocycles. The number of fused-ring (bicyclic) bond motifs is 2. The number of hydrogen-bond donors (Lipinski definition) is 1. The zero-order valence-electron chi connectivity index (χ0n) is 10.2. The maximum atomic E-state index is 12.1. The van der Waals surface area contributed by atoms with Crippen molar-refractivity contribution >= 4 is 17.3 Å². The molecule has 4 heteroatoms. The zero-order valence-corrected chi connectivity index (χ0v) is 10.2. The first-order valence-corrected chi connectivity index (χ1v) is 5.80. The van der Waals surface area contributed by atoms with Crippen LogP contribution < -0.4 is 5.73 Å². The molecule has 2 aliphatic rings. The molecule has 0 radical (unpaired) electrons. The summed E-state index contributed by atoms with van der Waals surface area (Å²) in [6.45, 7) is 3.63. The lowest BCUT2D eigenvalue weighted by Crippen LogP contribution is -2.44. The van der Waals surface area contributed by atoms with Crippen molar-refractivity contribution in [1.29, 1.82) is 0 Å². The highest BCUT2D eigenvalue weighted by Gasteiger charge is 2.48. The molecule has 1 aromatic rings. The van der Waals surface area contributed by atoms with Gasteiger partial charge in [-0.3, -0.25) is 9.59 Å². The first kappa shape index (κ1) is 11.2. The Kier molecular flexibility index (Phi) is 2.04. The Labute approximate surface area is 104 Å². The van der Waals surface area contributed by atoms with Crippen LogP contribution in [0.4, 0.5) is 0 Å². The summed E-state index contributed by atoms with van der Waals surface area (Å²) in [5.74, 6) is -0.574. The summed E-state index contributed by atoms with van der Waals surface area (Å²) in [5, 5.41) is 0. The summed E-state index contributed by atoms with van der Waals surface area (Å²) in [5.41, 5.74) is 6.72. The van der Waals surface area contributed by atoms with Gasteiger partial charge in [-0.15, -0.1) is 0 Å². The van der Waals surface area contributed by atoms with E-state index in [0.717, 1.165) is 0 Å². The van der Waals surface area contributed by atoms with E-state index in [1.165, 1.54) is 0 Å². The van der Waals surface area contributed by atoms with Crippen LogP contribution in [0.2, 0.25) is 0 Å². The molecular formula is C14H13NO3. The summed E-state index contributed by atoms with van der Waals surface area (Å²) >= 11 is 0. The Balaban J connectivity index is 2.28. The Morgan fingerprint density at radius 3 is 2.39 bits per heavy atom. The van der Waals surface area contributed by atoms with Crippen LogP contribution >= 0.6 is 0 Å². The van der Waals surface area contributed by atoms with Crippen molar-refractivity contribution in [3.05, 3.63) is 41.0 Å². The van der Waals surface area contributed by atoms with E-state index in [9.17, 15) is 9.59 Å². The summed E-state index contributed by atoms with van der Waals surface area (Å²) in [6.07, 6.45) is 0. The SMILES string of the molecule is CC1(C)OC2=C(C(=O)C(=O)c3ccccc32)C1N. The predicted molar refractivity (Wildman–Crippen MR) is 65.8 cm³/mol. The van der Waals surface area contributed by atoms with Crippen molar-refractivity contribution in [2.24, 2.45) is 5.73 Å². The Morgan fingerprint density at radius 1 is 1.11 bits per heavy atom. The molecule has 1 aromatic carbocycles. The lowest BCUT2D eigenvalue weighted by Gasteiger charge is -2.24. The van der Waals surface area contributed by atoms with Crippen molar-refractivity contribution in [3.8, 4) is 0 Å². The largest absolute Gasteiger partial charge is 0.485 e.